The van der Waals surface area contributed by atoms with E-state index in [0.717, 1.165) is 0 Å². The highest BCUT2D eigenvalue weighted by atomic mass is 32.2. The highest BCUT2D eigenvalue weighted by molar-refractivity contribution is 7.92. The topological polar surface area (TPSA) is 119 Å². The van der Waals surface area contributed by atoms with Crippen molar-refractivity contribution in [1.29, 1.82) is 0 Å². The van der Waals surface area contributed by atoms with Crippen molar-refractivity contribution in [1.82, 2.24) is 0 Å². The molecular weight excluding hydrogens is 396 g/mol. The highest BCUT2D eigenvalue weighted by Gasteiger charge is 2.28. The summed E-state index contributed by atoms with van der Waals surface area (Å²) in [7, 11) is -3.80. The van der Waals surface area contributed by atoms with E-state index in [9.17, 15) is 22.8 Å². The van der Waals surface area contributed by atoms with E-state index in [2.05, 4.69) is 10.6 Å². The quantitative estimate of drug-likeness (QED) is 0.698. The number of rotatable bonds is 6. The number of amides is 2. The zero-order valence-electron chi connectivity index (χ0n) is 15.9. The van der Waals surface area contributed by atoms with Crippen molar-refractivity contribution in [3.05, 3.63) is 48.0 Å². The number of fused-ring (bicyclic) bond motifs is 1. The zero-order chi connectivity index (χ0) is 21.2. The molecule has 2 aromatic carbocycles. The van der Waals surface area contributed by atoms with Crippen molar-refractivity contribution in [3.63, 3.8) is 0 Å². The van der Waals surface area contributed by atoms with Crippen LogP contribution in [-0.2, 0) is 19.4 Å². The first-order valence-electron chi connectivity index (χ1n) is 8.88. The Morgan fingerprint density at radius 1 is 1.21 bits per heavy atom. The second kappa shape index (κ2) is 8.04. The van der Waals surface area contributed by atoms with E-state index in [1.165, 1.54) is 38.1 Å². The van der Waals surface area contributed by atoms with Crippen molar-refractivity contribution in [2.24, 2.45) is 0 Å². The van der Waals surface area contributed by atoms with E-state index < -0.39 is 21.0 Å². The molecule has 2 amide bonds. The third-order valence-corrected chi connectivity index (χ3v) is 6.61. The summed E-state index contributed by atoms with van der Waals surface area (Å²) in [6.07, 6.45) is -0.263. The Kier molecular flexibility index (Phi) is 5.69. The molecule has 9 heteroatoms. The maximum atomic E-state index is 12.8. The molecule has 1 atom stereocenters. The van der Waals surface area contributed by atoms with E-state index in [0.29, 0.717) is 16.9 Å². The summed E-state index contributed by atoms with van der Waals surface area (Å²) in [6.45, 7) is 2.68. The number of benzene rings is 2. The number of hydrogen-bond donors (Lipinski definition) is 2. The summed E-state index contributed by atoms with van der Waals surface area (Å²) in [5, 5.41) is 4.22. The van der Waals surface area contributed by atoms with Crippen LogP contribution in [0.4, 0.5) is 11.4 Å². The van der Waals surface area contributed by atoms with Crippen LogP contribution < -0.4 is 15.4 Å². The monoisotopic (exact) mass is 416 g/mol. The van der Waals surface area contributed by atoms with Gasteiger partial charge in [-0.25, -0.2) is 8.42 Å². The predicted octanol–water partition coefficient (Wildman–Crippen LogP) is 2.41. The number of carbonyl (C=O) groups is 3. The molecule has 0 aromatic heterocycles. The van der Waals surface area contributed by atoms with Crippen molar-refractivity contribution >= 4 is 38.8 Å². The van der Waals surface area contributed by atoms with Crippen LogP contribution in [0.2, 0.25) is 0 Å². The lowest BCUT2D eigenvalue weighted by Gasteiger charge is -2.19. The van der Waals surface area contributed by atoms with Gasteiger partial charge in [-0.05, 0) is 38.1 Å². The van der Waals surface area contributed by atoms with Gasteiger partial charge >= 0.3 is 0 Å². The first-order chi connectivity index (χ1) is 13.7. The lowest BCUT2D eigenvalue weighted by atomic mass is 10.1. The fraction of sp³-hybridized carbons (Fsp3) is 0.250. The summed E-state index contributed by atoms with van der Waals surface area (Å²) in [5.41, 5.74) is 1.27. The largest absolute Gasteiger partial charge is 0.482 e. The molecule has 2 aromatic rings. The molecule has 3 rings (SSSR count). The fourth-order valence-corrected chi connectivity index (χ4v) is 4.23. The Bertz CT molecular complexity index is 1090. The van der Waals surface area contributed by atoms with Gasteiger partial charge in [0.15, 0.2) is 22.2 Å². The lowest BCUT2D eigenvalue weighted by Crippen LogP contribution is -2.27. The number of ether oxygens (including phenoxy) is 1. The highest BCUT2D eigenvalue weighted by Crippen LogP contribution is 2.32. The molecule has 0 saturated carbocycles. The molecule has 8 nitrogen and oxygen atoms in total. The van der Waals surface area contributed by atoms with Gasteiger partial charge in [-0.2, -0.15) is 0 Å². The van der Waals surface area contributed by atoms with Crippen LogP contribution in [0, 0.1) is 0 Å². The molecule has 2 N–H and O–H groups in total. The first kappa shape index (κ1) is 20.5. The van der Waals surface area contributed by atoms with Crippen LogP contribution in [0.3, 0.4) is 0 Å². The van der Waals surface area contributed by atoms with Crippen LogP contribution in [0.25, 0.3) is 0 Å². The number of hydrogen-bond acceptors (Lipinski definition) is 6. The third-order valence-electron chi connectivity index (χ3n) is 4.47. The summed E-state index contributed by atoms with van der Waals surface area (Å²) >= 11 is 0. The van der Waals surface area contributed by atoms with Gasteiger partial charge in [0.2, 0.25) is 5.91 Å². The summed E-state index contributed by atoms with van der Waals surface area (Å²) < 4.78 is 31.0. The van der Waals surface area contributed by atoms with Gasteiger partial charge in [0.25, 0.3) is 5.91 Å². The molecule has 152 valence electrons. The van der Waals surface area contributed by atoms with Gasteiger partial charge in [0, 0.05) is 23.7 Å². The summed E-state index contributed by atoms with van der Waals surface area (Å²) in [6, 6.07) is 10.6. The first-order valence-corrected chi connectivity index (χ1v) is 10.4. The Balaban J connectivity index is 1.71. The van der Waals surface area contributed by atoms with Crippen molar-refractivity contribution in [2.45, 2.75) is 30.4 Å². The van der Waals surface area contributed by atoms with E-state index in [-0.39, 0.29) is 35.4 Å². The standard InChI is InChI=1S/C20H20N2O6S/c1-12(8-19(24)21-15-5-3-4-14(9-15)13(2)23)29(26,27)16-6-7-17-18(10-16)28-11-20(25)22-17/h3-7,9-10,12H,8,11H2,1-2H3,(H,21,24)(H,22,25). The van der Waals surface area contributed by atoms with Gasteiger partial charge in [-0.3, -0.25) is 14.4 Å². The molecule has 0 spiro atoms. The molecule has 0 saturated heterocycles. The van der Waals surface area contributed by atoms with Gasteiger partial charge < -0.3 is 15.4 Å². The van der Waals surface area contributed by atoms with E-state index in [4.69, 9.17) is 4.74 Å². The molecule has 1 unspecified atom stereocenters. The summed E-state index contributed by atoms with van der Waals surface area (Å²) in [5.74, 6) is -0.665. The Labute approximate surface area is 168 Å². The Hall–Kier alpha value is -3.20. The average Bonchev–Trinajstić information content (AvgIpc) is 2.67. The van der Waals surface area contributed by atoms with Gasteiger partial charge in [0.05, 0.1) is 15.8 Å². The number of ketones is 1. The van der Waals surface area contributed by atoms with Crippen molar-refractivity contribution in [2.75, 3.05) is 17.2 Å². The predicted molar refractivity (Wildman–Crippen MR) is 107 cm³/mol. The normalized spacial score (nSPS) is 14.2. The van der Waals surface area contributed by atoms with Crippen LogP contribution in [0.5, 0.6) is 5.75 Å². The van der Waals surface area contributed by atoms with Crippen LogP contribution in [-0.4, -0.2) is 37.9 Å². The van der Waals surface area contributed by atoms with Gasteiger partial charge in [-0.15, -0.1) is 0 Å². The van der Waals surface area contributed by atoms with E-state index in [1.807, 2.05) is 0 Å². The van der Waals surface area contributed by atoms with Crippen LogP contribution in [0.1, 0.15) is 30.6 Å². The van der Waals surface area contributed by atoms with E-state index in [1.54, 1.807) is 18.2 Å². The molecule has 1 aliphatic heterocycles. The van der Waals surface area contributed by atoms with Gasteiger partial charge in [-0.1, -0.05) is 12.1 Å². The molecule has 1 heterocycles. The summed E-state index contributed by atoms with van der Waals surface area (Å²) in [4.78, 5) is 35.1. The second-order valence-electron chi connectivity index (χ2n) is 6.74. The molecule has 0 radical (unpaired) electrons. The lowest BCUT2D eigenvalue weighted by molar-refractivity contribution is -0.118. The molecule has 0 fully saturated rings. The molecule has 1 aliphatic rings. The Morgan fingerprint density at radius 3 is 2.69 bits per heavy atom. The fourth-order valence-electron chi connectivity index (χ4n) is 2.86. The molecule has 0 aliphatic carbocycles. The Morgan fingerprint density at radius 2 is 1.97 bits per heavy atom. The van der Waals surface area contributed by atoms with Crippen LogP contribution in [0.15, 0.2) is 47.4 Å². The minimum atomic E-state index is -3.80. The number of nitrogens with one attached hydrogen (secondary N) is 2. The maximum Gasteiger partial charge on any atom is 0.262 e. The minimum Gasteiger partial charge on any atom is -0.482 e. The second-order valence-corrected chi connectivity index (χ2v) is 9.11. The number of Topliss-reactive ketones (excluding diaryl/α,β-unsaturated/α-hetero) is 1. The molecule has 0 bridgehead atoms. The smallest absolute Gasteiger partial charge is 0.262 e. The minimum absolute atomic E-state index is 0.00581. The average molecular weight is 416 g/mol. The molecular formula is C20H20N2O6S. The number of sulfone groups is 1. The van der Waals surface area contributed by atoms with Gasteiger partial charge in [0.1, 0.15) is 5.75 Å². The SMILES string of the molecule is CC(=O)c1cccc(NC(=O)CC(C)S(=O)(=O)c2ccc3c(c2)OCC(=O)N3)c1. The zero-order valence-corrected chi connectivity index (χ0v) is 16.7. The number of anilines is 2. The van der Waals surface area contributed by atoms with Crippen molar-refractivity contribution < 1.29 is 27.5 Å². The van der Waals surface area contributed by atoms with Crippen LogP contribution >= 0.6 is 0 Å². The number of carbonyl (C=O) groups excluding carboxylic acids is 3. The van der Waals surface area contributed by atoms with E-state index >= 15 is 0 Å². The maximum absolute atomic E-state index is 12.8. The molecule has 29 heavy (non-hydrogen) atoms. The van der Waals surface area contributed by atoms with Crippen molar-refractivity contribution in [3.8, 4) is 5.75 Å². The third kappa shape index (κ3) is 4.62.